The van der Waals surface area contributed by atoms with Gasteiger partial charge in [-0.2, -0.15) is 0 Å². The van der Waals surface area contributed by atoms with E-state index in [-0.39, 0.29) is 0 Å². The standard InChI is InChI=1S/C7H8.2ClH.Zr/c1-2-7-5-3-4-6-7;;;/h2-6H,1H3;2*1H;/q;;;+2/p-2. The molecule has 54 valence electrons. The quantitative estimate of drug-likeness (QED) is 0.621. The van der Waals surface area contributed by atoms with Crippen molar-refractivity contribution in [3.8, 4) is 0 Å². The summed E-state index contributed by atoms with van der Waals surface area (Å²) >= 11 is -0.826. The van der Waals surface area contributed by atoms with Crippen molar-refractivity contribution in [2.24, 2.45) is 0 Å². The molecular formula is C7H8Cl2Zr. The molecule has 1 rings (SSSR count). The third kappa shape index (κ3) is 5.47. The molecule has 10 heavy (non-hydrogen) atoms. The molecule has 0 amide bonds. The topological polar surface area (TPSA) is 0 Å². The summed E-state index contributed by atoms with van der Waals surface area (Å²) in [6.07, 6.45) is 10.3. The van der Waals surface area contributed by atoms with Crippen molar-refractivity contribution in [1.29, 1.82) is 0 Å². The Balaban J connectivity index is 0.000000236. The van der Waals surface area contributed by atoms with Crippen LogP contribution in [0.5, 0.6) is 0 Å². The normalized spacial score (nSPS) is 12.5. The summed E-state index contributed by atoms with van der Waals surface area (Å²) in [5.74, 6) is 0. The van der Waals surface area contributed by atoms with Crippen LogP contribution in [-0.2, 0) is 20.8 Å². The predicted molar refractivity (Wildman–Crippen MR) is 43.7 cm³/mol. The van der Waals surface area contributed by atoms with Crippen molar-refractivity contribution >= 4 is 17.0 Å². The van der Waals surface area contributed by atoms with E-state index in [9.17, 15) is 0 Å². The summed E-state index contributed by atoms with van der Waals surface area (Å²) in [7, 11) is 9.87. The van der Waals surface area contributed by atoms with Crippen molar-refractivity contribution in [1.82, 2.24) is 0 Å². The zero-order valence-electron chi connectivity index (χ0n) is 5.64. The predicted octanol–water partition coefficient (Wildman–Crippen LogP) is 3.44. The number of halogens is 2. The molecule has 0 saturated heterocycles. The number of hydrogen-bond donors (Lipinski definition) is 0. The summed E-state index contributed by atoms with van der Waals surface area (Å²) in [5.41, 5.74) is 1.31. The SMILES string of the molecule is CC=C1C=CC=C1.[Cl][Zr][Cl]. The molecule has 0 atom stereocenters. The summed E-state index contributed by atoms with van der Waals surface area (Å²) in [6.45, 7) is 2.04. The van der Waals surface area contributed by atoms with E-state index in [0.29, 0.717) is 0 Å². The first-order chi connectivity index (χ1) is 4.85. The summed E-state index contributed by atoms with van der Waals surface area (Å²) in [6, 6.07) is 0. The Labute approximate surface area is 80.3 Å². The molecule has 0 bridgehead atoms. The van der Waals surface area contributed by atoms with E-state index in [1.165, 1.54) is 5.57 Å². The second-order valence-electron chi connectivity index (χ2n) is 1.58. The molecule has 0 aromatic rings. The minimum absolute atomic E-state index is 0.826. The third-order valence-electron chi connectivity index (χ3n) is 1.02. The summed E-state index contributed by atoms with van der Waals surface area (Å²) in [5, 5.41) is 0. The molecule has 0 fully saturated rings. The van der Waals surface area contributed by atoms with Crippen LogP contribution in [0.3, 0.4) is 0 Å². The Morgan fingerprint density at radius 2 is 1.70 bits per heavy atom. The molecule has 3 heteroatoms. The fourth-order valence-corrected chi connectivity index (χ4v) is 0.581. The Morgan fingerprint density at radius 3 is 1.90 bits per heavy atom. The van der Waals surface area contributed by atoms with E-state index in [2.05, 4.69) is 18.2 Å². The molecule has 0 unspecified atom stereocenters. The second kappa shape index (κ2) is 7.79. The Kier molecular flexibility index (Phi) is 8.32. The molecule has 1 aliphatic rings. The van der Waals surface area contributed by atoms with Gasteiger partial charge in [-0.25, -0.2) is 0 Å². The van der Waals surface area contributed by atoms with Crippen LogP contribution in [0.1, 0.15) is 6.92 Å². The van der Waals surface area contributed by atoms with Crippen molar-refractivity contribution < 1.29 is 20.8 Å². The first-order valence-electron chi connectivity index (χ1n) is 2.82. The van der Waals surface area contributed by atoms with Gasteiger partial charge in [0.1, 0.15) is 0 Å². The second-order valence-corrected chi connectivity index (χ2v) is 5.31. The fourth-order valence-electron chi connectivity index (χ4n) is 0.581. The molecule has 0 nitrogen and oxygen atoms in total. The first kappa shape index (κ1) is 10.7. The van der Waals surface area contributed by atoms with Crippen LogP contribution in [0.2, 0.25) is 0 Å². The van der Waals surface area contributed by atoms with Crippen molar-refractivity contribution in [3.63, 3.8) is 0 Å². The first-order valence-corrected chi connectivity index (χ1v) is 9.15. The minimum atomic E-state index is -0.826. The maximum atomic E-state index is 4.93. The van der Waals surface area contributed by atoms with E-state index < -0.39 is 20.8 Å². The van der Waals surface area contributed by atoms with Crippen LogP contribution < -0.4 is 0 Å². The molecule has 0 aliphatic heterocycles. The van der Waals surface area contributed by atoms with Gasteiger partial charge < -0.3 is 0 Å². The van der Waals surface area contributed by atoms with Gasteiger partial charge in [-0.15, -0.1) is 0 Å². The van der Waals surface area contributed by atoms with Gasteiger partial charge in [0.15, 0.2) is 0 Å². The van der Waals surface area contributed by atoms with Crippen molar-refractivity contribution in [2.45, 2.75) is 6.92 Å². The van der Waals surface area contributed by atoms with Crippen LogP contribution in [-0.4, -0.2) is 0 Å². The van der Waals surface area contributed by atoms with Gasteiger partial charge in [-0.1, -0.05) is 30.4 Å². The monoisotopic (exact) mass is 252 g/mol. The Hall–Kier alpha value is 0.683. The number of hydrogen-bond acceptors (Lipinski definition) is 0. The van der Waals surface area contributed by atoms with E-state index >= 15 is 0 Å². The molecule has 0 aromatic carbocycles. The van der Waals surface area contributed by atoms with Gasteiger partial charge in [0.2, 0.25) is 0 Å². The van der Waals surface area contributed by atoms with Crippen molar-refractivity contribution in [2.75, 3.05) is 0 Å². The van der Waals surface area contributed by atoms with E-state index in [0.717, 1.165) is 0 Å². The number of allylic oxidation sites excluding steroid dienone is 6. The zero-order chi connectivity index (χ0) is 7.82. The fraction of sp³-hybridized carbons (Fsp3) is 0.143. The van der Waals surface area contributed by atoms with E-state index in [1.807, 2.05) is 19.1 Å². The van der Waals surface area contributed by atoms with Gasteiger partial charge in [-0.05, 0) is 12.5 Å². The molecule has 0 aromatic heterocycles. The molecule has 0 spiro atoms. The molecule has 0 N–H and O–H groups in total. The molecule has 0 saturated carbocycles. The third-order valence-corrected chi connectivity index (χ3v) is 1.02. The zero-order valence-corrected chi connectivity index (χ0v) is 9.61. The van der Waals surface area contributed by atoms with Crippen LogP contribution in [0, 0.1) is 0 Å². The molecule has 1 aliphatic carbocycles. The van der Waals surface area contributed by atoms with Gasteiger partial charge in [-0.3, -0.25) is 0 Å². The Morgan fingerprint density at radius 1 is 1.30 bits per heavy atom. The molecule has 0 radical (unpaired) electrons. The van der Waals surface area contributed by atoms with Crippen LogP contribution >= 0.6 is 17.0 Å². The van der Waals surface area contributed by atoms with E-state index in [1.54, 1.807) is 0 Å². The summed E-state index contributed by atoms with van der Waals surface area (Å²) < 4.78 is 0. The van der Waals surface area contributed by atoms with Crippen LogP contribution in [0.4, 0.5) is 0 Å². The van der Waals surface area contributed by atoms with Gasteiger partial charge >= 0.3 is 37.9 Å². The number of rotatable bonds is 0. The summed E-state index contributed by atoms with van der Waals surface area (Å²) in [4.78, 5) is 0. The maximum absolute atomic E-state index is 4.93. The van der Waals surface area contributed by atoms with Gasteiger partial charge in [0.05, 0.1) is 0 Å². The molecular weight excluding hydrogens is 246 g/mol. The van der Waals surface area contributed by atoms with E-state index in [4.69, 9.17) is 17.0 Å². The molecule has 0 heterocycles. The van der Waals surface area contributed by atoms with Crippen LogP contribution in [0.15, 0.2) is 36.0 Å². The average molecular weight is 254 g/mol. The average Bonchev–Trinajstić information content (AvgIpc) is 2.39. The van der Waals surface area contributed by atoms with Gasteiger partial charge in [0.25, 0.3) is 0 Å². The van der Waals surface area contributed by atoms with Crippen LogP contribution in [0.25, 0.3) is 0 Å². The van der Waals surface area contributed by atoms with Gasteiger partial charge in [0, 0.05) is 0 Å². The Bertz CT molecular complexity index is 145. The van der Waals surface area contributed by atoms with Crippen molar-refractivity contribution in [3.05, 3.63) is 36.0 Å².